The molecule has 14 heavy (non-hydrogen) atoms. The van der Waals surface area contributed by atoms with Gasteiger partial charge in [-0.1, -0.05) is 17.7 Å². The fourth-order valence-corrected chi connectivity index (χ4v) is 2.56. The van der Waals surface area contributed by atoms with Crippen molar-refractivity contribution in [2.45, 2.75) is 12.6 Å². The van der Waals surface area contributed by atoms with Crippen LogP contribution in [-0.2, 0) is 6.42 Å². The van der Waals surface area contributed by atoms with Gasteiger partial charge >= 0.3 is 0 Å². The van der Waals surface area contributed by atoms with Crippen molar-refractivity contribution in [3.8, 4) is 0 Å². The molecule has 0 amide bonds. The molecule has 0 radical (unpaired) electrons. The van der Waals surface area contributed by atoms with Gasteiger partial charge in [-0.05, 0) is 40.3 Å². The molecular weight excluding hydrogens is 310 g/mol. The Hall–Kier alpha value is -0.420. The molecule has 2 nitrogen and oxygen atoms in total. The van der Waals surface area contributed by atoms with Crippen molar-refractivity contribution in [2.24, 2.45) is 0 Å². The van der Waals surface area contributed by atoms with E-state index in [4.69, 9.17) is 11.6 Å². The average molecular weight is 321 g/mol. The van der Waals surface area contributed by atoms with E-state index in [0.717, 1.165) is 11.4 Å². The first-order valence-electron chi connectivity index (χ1n) is 4.37. The third kappa shape index (κ3) is 2.15. The minimum atomic E-state index is 0.267. The number of hydrogen-bond acceptors (Lipinski definition) is 2. The highest BCUT2D eigenvalue weighted by atomic mass is 127. The Bertz CT molecular complexity index is 337. The van der Waals surface area contributed by atoms with Crippen molar-refractivity contribution < 1.29 is 0 Å². The molecule has 0 unspecified atom stereocenters. The predicted octanol–water partition coefficient (Wildman–Crippen LogP) is 2.48. The van der Waals surface area contributed by atoms with Crippen LogP contribution in [0.25, 0.3) is 0 Å². The lowest BCUT2D eigenvalue weighted by Gasteiger charge is -2.14. The fraction of sp³-hybridized carbons (Fsp3) is 0.200. The smallest absolute Gasteiger partial charge is 0.0998 e. The molecule has 1 aromatic rings. The fourth-order valence-electron chi connectivity index (χ4n) is 1.43. The lowest BCUT2D eigenvalue weighted by molar-refractivity contribution is 0.567. The summed E-state index contributed by atoms with van der Waals surface area (Å²) in [5.74, 6) is 0. The van der Waals surface area contributed by atoms with Gasteiger partial charge in [0, 0.05) is 27.4 Å². The predicted molar refractivity (Wildman–Crippen MR) is 67.1 cm³/mol. The van der Waals surface area contributed by atoms with Crippen LogP contribution in [0.2, 0.25) is 5.02 Å². The van der Waals surface area contributed by atoms with Gasteiger partial charge in [0.05, 0.1) is 6.17 Å². The minimum absolute atomic E-state index is 0.267. The van der Waals surface area contributed by atoms with Gasteiger partial charge in [-0.25, -0.2) is 0 Å². The van der Waals surface area contributed by atoms with Crippen LogP contribution in [0.4, 0.5) is 0 Å². The molecule has 1 aromatic carbocycles. The Balaban J connectivity index is 2.15. The van der Waals surface area contributed by atoms with Crippen molar-refractivity contribution >= 4 is 34.2 Å². The second kappa shape index (κ2) is 4.40. The number of rotatable bonds is 2. The van der Waals surface area contributed by atoms with Crippen molar-refractivity contribution in [3.63, 3.8) is 0 Å². The van der Waals surface area contributed by atoms with E-state index >= 15 is 0 Å². The maximum absolute atomic E-state index is 6.13. The Kier molecular flexibility index (Phi) is 3.18. The quantitative estimate of drug-likeness (QED) is 0.818. The normalized spacial score (nSPS) is 15.3. The van der Waals surface area contributed by atoms with Crippen LogP contribution < -0.4 is 10.6 Å². The second-order valence-corrected chi connectivity index (χ2v) is 4.69. The number of hydrogen-bond donors (Lipinski definition) is 2. The lowest BCUT2D eigenvalue weighted by atomic mass is 10.1. The molecule has 74 valence electrons. The van der Waals surface area contributed by atoms with Crippen LogP contribution in [0.15, 0.2) is 30.6 Å². The van der Waals surface area contributed by atoms with E-state index in [1.165, 1.54) is 9.13 Å². The summed E-state index contributed by atoms with van der Waals surface area (Å²) in [7, 11) is 0. The first-order valence-corrected chi connectivity index (χ1v) is 5.83. The van der Waals surface area contributed by atoms with Crippen LogP contribution in [0.5, 0.6) is 0 Å². The number of nitrogens with one attached hydrogen (secondary N) is 2. The number of halogens is 2. The van der Waals surface area contributed by atoms with Crippen molar-refractivity contribution in [3.05, 3.63) is 44.8 Å². The van der Waals surface area contributed by atoms with Crippen LogP contribution in [0, 0.1) is 3.57 Å². The summed E-state index contributed by atoms with van der Waals surface area (Å²) in [6, 6.07) is 5.98. The van der Waals surface area contributed by atoms with Gasteiger partial charge in [-0.3, -0.25) is 0 Å². The van der Waals surface area contributed by atoms with Crippen molar-refractivity contribution in [1.29, 1.82) is 0 Å². The summed E-state index contributed by atoms with van der Waals surface area (Å²) in [5.41, 5.74) is 1.20. The van der Waals surface area contributed by atoms with Crippen molar-refractivity contribution in [2.75, 3.05) is 0 Å². The summed E-state index contributed by atoms with van der Waals surface area (Å²) < 4.78 is 1.21. The largest absolute Gasteiger partial charge is 0.370 e. The minimum Gasteiger partial charge on any atom is -0.370 e. The third-order valence-corrected chi connectivity index (χ3v) is 3.51. The van der Waals surface area contributed by atoms with Gasteiger partial charge in [0.25, 0.3) is 0 Å². The molecule has 0 bridgehead atoms. The first kappa shape index (κ1) is 10.1. The maximum atomic E-state index is 6.13. The van der Waals surface area contributed by atoms with E-state index in [1.807, 2.05) is 24.5 Å². The van der Waals surface area contributed by atoms with Crippen LogP contribution in [0.1, 0.15) is 5.56 Å². The Morgan fingerprint density at radius 2 is 2.00 bits per heavy atom. The van der Waals surface area contributed by atoms with Crippen LogP contribution >= 0.6 is 34.2 Å². The molecule has 0 saturated carbocycles. The number of benzene rings is 1. The Morgan fingerprint density at radius 1 is 1.29 bits per heavy atom. The third-order valence-electron chi connectivity index (χ3n) is 2.15. The molecule has 0 aliphatic carbocycles. The highest BCUT2D eigenvalue weighted by Crippen LogP contribution is 2.22. The molecular formula is C10H10ClIN2. The highest BCUT2D eigenvalue weighted by molar-refractivity contribution is 14.1. The molecule has 0 aromatic heterocycles. The zero-order chi connectivity index (χ0) is 9.97. The molecule has 0 atom stereocenters. The molecule has 0 fully saturated rings. The zero-order valence-corrected chi connectivity index (χ0v) is 10.3. The first-order chi connectivity index (χ1) is 6.77. The summed E-state index contributed by atoms with van der Waals surface area (Å²) in [6.45, 7) is 0. The van der Waals surface area contributed by atoms with Gasteiger partial charge in [-0.15, -0.1) is 0 Å². The molecule has 2 rings (SSSR count). The van der Waals surface area contributed by atoms with E-state index < -0.39 is 0 Å². The van der Waals surface area contributed by atoms with E-state index in [0.29, 0.717) is 0 Å². The lowest BCUT2D eigenvalue weighted by Crippen LogP contribution is -2.33. The maximum Gasteiger partial charge on any atom is 0.0998 e. The topological polar surface area (TPSA) is 24.1 Å². The summed E-state index contributed by atoms with van der Waals surface area (Å²) in [5, 5.41) is 7.25. The molecule has 1 heterocycles. The zero-order valence-electron chi connectivity index (χ0n) is 7.43. The monoisotopic (exact) mass is 320 g/mol. The Labute approximate surface area is 102 Å². The van der Waals surface area contributed by atoms with Gasteiger partial charge in [-0.2, -0.15) is 0 Å². The molecule has 0 saturated heterocycles. The van der Waals surface area contributed by atoms with Gasteiger partial charge < -0.3 is 10.6 Å². The summed E-state index contributed by atoms with van der Waals surface area (Å²) in [4.78, 5) is 0. The summed E-state index contributed by atoms with van der Waals surface area (Å²) >= 11 is 8.44. The van der Waals surface area contributed by atoms with Crippen molar-refractivity contribution in [1.82, 2.24) is 10.6 Å². The van der Waals surface area contributed by atoms with E-state index in [9.17, 15) is 0 Å². The van der Waals surface area contributed by atoms with E-state index in [-0.39, 0.29) is 6.17 Å². The molecule has 2 N–H and O–H groups in total. The van der Waals surface area contributed by atoms with E-state index in [1.54, 1.807) is 0 Å². The van der Waals surface area contributed by atoms with Crippen LogP contribution in [0.3, 0.4) is 0 Å². The standard InChI is InChI=1S/C10H10ClIN2/c11-8-2-1-3-9(12)7(8)6-10-13-4-5-14-10/h1-5,10,13-14H,6H2. The Morgan fingerprint density at radius 3 is 2.64 bits per heavy atom. The molecule has 4 heteroatoms. The molecule has 1 aliphatic heterocycles. The van der Waals surface area contributed by atoms with Gasteiger partial charge in [0.2, 0.25) is 0 Å². The SMILES string of the molecule is Clc1cccc(I)c1CC1NC=CN1. The second-order valence-electron chi connectivity index (χ2n) is 3.12. The highest BCUT2D eigenvalue weighted by Gasteiger charge is 2.13. The van der Waals surface area contributed by atoms with Gasteiger partial charge in [0.15, 0.2) is 0 Å². The van der Waals surface area contributed by atoms with Gasteiger partial charge in [0.1, 0.15) is 0 Å². The average Bonchev–Trinajstić information content (AvgIpc) is 2.64. The molecule has 0 spiro atoms. The van der Waals surface area contributed by atoms with E-state index in [2.05, 4.69) is 39.3 Å². The summed E-state index contributed by atoms with van der Waals surface area (Å²) in [6.07, 6.45) is 4.98. The molecule has 1 aliphatic rings. The van der Waals surface area contributed by atoms with Crippen LogP contribution in [-0.4, -0.2) is 6.17 Å².